The lowest BCUT2D eigenvalue weighted by Crippen LogP contribution is -2.16. The summed E-state index contributed by atoms with van der Waals surface area (Å²) in [4.78, 5) is 85.4. The number of nitrogens with two attached hydrogens (primary N) is 4. The molecule has 115 heavy (non-hydrogen) atoms. The molecule has 0 aliphatic heterocycles. The first-order valence-corrected chi connectivity index (χ1v) is 36.2. The maximum Gasteiger partial charge on any atom is 0.338 e. The number of halogens is 4. The highest BCUT2D eigenvalue weighted by Crippen LogP contribution is 2.41. The van der Waals surface area contributed by atoms with E-state index in [1.54, 1.807) is 104 Å². The SMILES string of the molecule is C.CNC(C)=O.Cc1cc(F)c(C(=O)Cl)cc1-n1cnc(C2CC2)c1.Cc1cc(F)c(C(=O)Nc2cccc(-c3nnc(C)n3C)n2)cc1-n1cnc(C2CC2)c1.Cc1cc(F)c(C(=O)O)cc1-n1cnc(C2CC2)c1.Cc1nnc(-c2cccc(N)n2)n1C.Cc1nnc(-c2cccc(N)n2)n1C.NCC(=O)c1cccc(N)n1. The van der Waals surface area contributed by atoms with Gasteiger partial charge in [-0.1, -0.05) is 31.7 Å². The van der Waals surface area contributed by atoms with Gasteiger partial charge in [0.25, 0.3) is 11.1 Å². The summed E-state index contributed by atoms with van der Waals surface area (Å²) >= 11 is 5.38. The normalized spacial score (nSPS) is 12.3. The Balaban J connectivity index is 0.000000161. The van der Waals surface area contributed by atoms with Crippen LogP contribution in [-0.2, 0) is 25.9 Å². The van der Waals surface area contributed by atoms with Gasteiger partial charge in [-0.3, -0.25) is 19.2 Å². The molecule has 3 saturated carbocycles. The number of anilines is 4. The number of ketones is 1. The Labute approximate surface area is 665 Å². The van der Waals surface area contributed by atoms with Gasteiger partial charge in [-0.25, -0.2) is 52.9 Å². The van der Waals surface area contributed by atoms with Crippen LogP contribution in [0, 0.1) is 59.0 Å². The quantitative estimate of drug-likeness (QED) is 0.0370. The summed E-state index contributed by atoms with van der Waals surface area (Å²) in [6.07, 6.45) is 17.8. The van der Waals surface area contributed by atoms with E-state index in [-0.39, 0.29) is 42.4 Å². The van der Waals surface area contributed by atoms with Gasteiger partial charge in [-0.15, -0.1) is 30.6 Å². The van der Waals surface area contributed by atoms with E-state index in [4.69, 9.17) is 39.6 Å². The number of Topliss-reactive ketones (excluding diaryl/α,β-unsaturated/α-hetero) is 1. The van der Waals surface area contributed by atoms with Crippen molar-refractivity contribution < 1.29 is 42.3 Å². The molecule has 11 N–H and O–H groups in total. The van der Waals surface area contributed by atoms with Crippen LogP contribution < -0.4 is 33.6 Å². The van der Waals surface area contributed by atoms with Crippen molar-refractivity contribution in [2.75, 3.05) is 36.1 Å². The molecular formula is C80H89ClF3N25O6. The number of aromatic nitrogens is 19. The number of carbonyl (C=O) groups excluding carboxylic acids is 4. The number of carbonyl (C=O) groups is 5. The van der Waals surface area contributed by atoms with Crippen LogP contribution in [0.25, 0.3) is 51.6 Å². The van der Waals surface area contributed by atoms with E-state index in [0.717, 1.165) is 100 Å². The van der Waals surface area contributed by atoms with Gasteiger partial charge in [0.1, 0.15) is 81.0 Å². The highest BCUT2D eigenvalue weighted by Gasteiger charge is 2.29. The molecule has 598 valence electrons. The monoisotopic (exact) mass is 1590 g/mol. The van der Waals surface area contributed by atoms with Crippen LogP contribution in [0.4, 0.5) is 36.4 Å². The molecule has 10 aromatic heterocycles. The van der Waals surface area contributed by atoms with Crippen LogP contribution in [0.15, 0.2) is 147 Å². The second kappa shape index (κ2) is 38.1. The third kappa shape index (κ3) is 22.2. The summed E-state index contributed by atoms with van der Waals surface area (Å²) in [6, 6.07) is 29.3. The van der Waals surface area contributed by atoms with Gasteiger partial charge >= 0.3 is 5.97 Å². The van der Waals surface area contributed by atoms with Crippen molar-refractivity contribution in [3.8, 4) is 51.6 Å². The molecule has 0 radical (unpaired) electrons. The summed E-state index contributed by atoms with van der Waals surface area (Å²) in [5.41, 5.74) is 30.8. The molecule has 3 aliphatic carbocycles. The molecule has 3 aliphatic rings. The van der Waals surface area contributed by atoms with E-state index in [9.17, 15) is 37.1 Å². The molecular weight excluding hydrogens is 1500 g/mol. The Morgan fingerprint density at radius 3 is 1.17 bits per heavy atom. The van der Waals surface area contributed by atoms with Crippen molar-refractivity contribution in [1.82, 2.24) is 98.2 Å². The van der Waals surface area contributed by atoms with Gasteiger partial charge < -0.3 is 66.1 Å². The zero-order valence-electron chi connectivity index (χ0n) is 64.3. The fraction of sp³-hybridized carbons (Fsp3) is 0.275. The van der Waals surface area contributed by atoms with E-state index < -0.39 is 34.6 Å². The van der Waals surface area contributed by atoms with Crippen molar-refractivity contribution in [2.24, 2.45) is 26.9 Å². The van der Waals surface area contributed by atoms with E-state index >= 15 is 0 Å². The van der Waals surface area contributed by atoms with Crippen LogP contribution in [0.1, 0.15) is 163 Å². The van der Waals surface area contributed by atoms with Crippen molar-refractivity contribution in [3.05, 3.63) is 238 Å². The fourth-order valence-electron chi connectivity index (χ4n) is 11.1. The van der Waals surface area contributed by atoms with Crippen LogP contribution in [-0.4, -0.2) is 140 Å². The van der Waals surface area contributed by atoms with Crippen LogP contribution in [0.3, 0.4) is 0 Å². The highest BCUT2D eigenvalue weighted by atomic mass is 35.5. The van der Waals surface area contributed by atoms with Crippen molar-refractivity contribution >= 4 is 63.7 Å². The topological polar surface area (TPSA) is 431 Å². The maximum absolute atomic E-state index is 14.7. The lowest BCUT2D eigenvalue weighted by molar-refractivity contribution is -0.118. The van der Waals surface area contributed by atoms with Gasteiger partial charge in [-0.05, 0) is 193 Å². The number of hydrogen-bond acceptors (Lipinski definition) is 22. The second-order valence-corrected chi connectivity index (χ2v) is 27.2. The number of nitrogens with one attached hydrogen (secondary N) is 2. The summed E-state index contributed by atoms with van der Waals surface area (Å²) < 4.78 is 52.8. The number of aromatic carboxylic acids is 1. The minimum Gasteiger partial charge on any atom is -0.478 e. The number of carboxylic acids is 1. The highest BCUT2D eigenvalue weighted by molar-refractivity contribution is 6.67. The minimum atomic E-state index is -1.26. The number of carboxylic acid groups (broad SMARTS) is 1. The Kier molecular flexibility index (Phi) is 28.4. The molecule has 0 saturated heterocycles. The molecule has 35 heteroatoms. The van der Waals surface area contributed by atoms with E-state index in [1.807, 2.05) is 110 Å². The number of nitrogens with zero attached hydrogens (tertiary/aromatic N) is 19. The van der Waals surface area contributed by atoms with Gasteiger partial charge in [-0.2, -0.15) is 0 Å². The molecule has 0 atom stereocenters. The molecule has 10 heterocycles. The standard InChI is InChI=1S/C23H22FN7O.C14H12ClFN2O.C14H13FN2O2.2C9H11N5.C7H9N3O.C3H7NO.CH4/c1-13-9-17(24)16(10-20(13)31-11-19(25-12-31)15-7-8-15)23(32)27-21-6-4-5-18(26-21)22-29-28-14(2)30(22)3;1-8-4-11(16)10(14(15)19)5-13(8)18-6-12(17-7-18)9-2-3-9;1-8-4-11(15)10(14(18)19)5-13(8)17-6-12(16-7-17)9-2-3-9;2*1-6-12-13-9(14(6)2)7-4-3-5-8(10)11-7;8-4-6(11)5-2-1-3-7(9)10-5;1-3(5)4-2;/h4-6,9-12,15H,7-8H2,1-3H3,(H,26,27,32);4-7,9H,2-3H2,1H3;4-7,9H,2-3H2,1H3,(H,18,19);2*3-5H,1-2H3,(H2,10,11);1-3H,4,8H2,(H2,9,10);1-2H3,(H,4,5);1H4. The van der Waals surface area contributed by atoms with E-state index in [2.05, 4.69) is 76.1 Å². The molecule has 0 unspecified atom stereocenters. The van der Waals surface area contributed by atoms with Crippen molar-refractivity contribution in [2.45, 2.75) is 112 Å². The lowest BCUT2D eigenvalue weighted by Gasteiger charge is -2.12. The molecule has 16 rings (SSSR count). The first-order valence-electron chi connectivity index (χ1n) is 35.8. The van der Waals surface area contributed by atoms with E-state index in [1.165, 1.54) is 50.1 Å². The van der Waals surface area contributed by atoms with Crippen LogP contribution in [0.2, 0.25) is 0 Å². The average molecular weight is 1590 g/mol. The molecule has 3 aromatic carbocycles. The predicted molar refractivity (Wildman–Crippen MR) is 430 cm³/mol. The summed E-state index contributed by atoms with van der Waals surface area (Å²) in [5.74, 6) is 3.76. The molecule has 3 fully saturated rings. The summed E-state index contributed by atoms with van der Waals surface area (Å²) in [5, 5.41) is 37.4. The third-order valence-corrected chi connectivity index (χ3v) is 18.5. The largest absolute Gasteiger partial charge is 0.478 e. The number of pyridine rings is 4. The first-order chi connectivity index (χ1) is 54.4. The number of amides is 2. The fourth-order valence-corrected chi connectivity index (χ4v) is 11.2. The first kappa shape index (κ1) is 85.5. The zero-order chi connectivity index (χ0) is 82.4. The number of rotatable bonds is 15. The number of nitrogen functional groups attached to an aromatic ring is 3. The average Bonchev–Trinajstić information content (AvgIpc) is 1.77. The number of benzene rings is 3. The Bertz CT molecular complexity index is 5450. The maximum atomic E-state index is 14.7. The minimum absolute atomic E-state index is 0. The van der Waals surface area contributed by atoms with Gasteiger partial charge in [0, 0.05) is 71.5 Å². The van der Waals surface area contributed by atoms with Gasteiger partial charge in [0.2, 0.25) is 5.91 Å². The smallest absolute Gasteiger partial charge is 0.338 e. The molecule has 31 nitrogen and oxygen atoms in total. The summed E-state index contributed by atoms with van der Waals surface area (Å²) in [7, 11) is 7.24. The van der Waals surface area contributed by atoms with E-state index in [0.29, 0.717) is 75.2 Å². The molecule has 13 aromatic rings. The zero-order valence-corrected chi connectivity index (χ0v) is 65.1. The lowest BCUT2D eigenvalue weighted by atomic mass is 10.1. The Morgan fingerprint density at radius 2 is 0.835 bits per heavy atom. The van der Waals surface area contributed by atoms with Crippen molar-refractivity contribution in [3.63, 3.8) is 0 Å². The molecule has 0 bridgehead atoms. The van der Waals surface area contributed by atoms with Gasteiger partial charge in [0.15, 0.2) is 23.3 Å². The van der Waals surface area contributed by atoms with Crippen molar-refractivity contribution in [1.29, 1.82) is 0 Å². The van der Waals surface area contributed by atoms with Crippen LogP contribution >= 0.6 is 11.6 Å². The summed E-state index contributed by atoms with van der Waals surface area (Å²) in [6.45, 7) is 12.4. The second-order valence-electron chi connectivity index (χ2n) is 26.9. The molecule has 0 spiro atoms. The number of aryl methyl sites for hydroxylation is 6. The Hall–Kier alpha value is -13.5. The third-order valence-electron chi connectivity index (χ3n) is 18.3. The van der Waals surface area contributed by atoms with Gasteiger partial charge in [0.05, 0.1) is 76.4 Å². The number of imidazole rings is 3. The predicted octanol–water partition coefficient (Wildman–Crippen LogP) is 12.1. The number of hydrogen-bond donors (Lipinski definition) is 7. The van der Waals surface area contributed by atoms with Crippen LogP contribution in [0.5, 0.6) is 0 Å². The molecule has 2 amide bonds. The Morgan fingerprint density at radius 1 is 0.496 bits per heavy atom.